The zero-order valence-corrected chi connectivity index (χ0v) is 8.41. The summed E-state index contributed by atoms with van der Waals surface area (Å²) in [6.45, 7) is 1.96. The molecule has 15 heavy (non-hydrogen) atoms. The molecule has 1 nitrogen and oxygen atoms in total. The first-order valence-corrected chi connectivity index (χ1v) is 4.94. The Morgan fingerprint density at radius 3 is 2.87 bits per heavy atom. The van der Waals surface area contributed by atoms with E-state index >= 15 is 0 Å². The SMILES string of the molecule is CC1CC=CO[C@@H]1c1cc(F)ccc1F. The number of hydrogen-bond acceptors (Lipinski definition) is 1. The van der Waals surface area contributed by atoms with Gasteiger partial charge in [-0.3, -0.25) is 0 Å². The first-order chi connectivity index (χ1) is 7.18. The van der Waals surface area contributed by atoms with Gasteiger partial charge in [0.15, 0.2) is 0 Å². The molecule has 1 aliphatic rings. The highest BCUT2D eigenvalue weighted by molar-refractivity contribution is 5.22. The molecule has 0 saturated heterocycles. The van der Waals surface area contributed by atoms with E-state index in [1.165, 1.54) is 6.07 Å². The van der Waals surface area contributed by atoms with Crippen molar-refractivity contribution in [1.82, 2.24) is 0 Å². The van der Waals surface area contributed by atoms with Crippen molar-refractivity contribution in [1.29, 1.82) is 0 Å². The van der Waals surface area contributed by atoms with Crippen LogP contribution in [0, 0.1) is 17.6 Å². The summed E-state index contributed by atoms with van der Waals surface area (Å²) in [5, 5.41) is 0. The van der Waals surface area contributed by atoms with Gasteiger partial charge in [-0.15, -0.1) is 0 Å². The van der Waals surface area contributed by atoms with Crippen LogP contribution in [0.5, 0.6) is 0 Å². The maximum atomic E-state index is 13.5. The minimum Gasteiger partial charge on any atom is -0.493 e. The second kappa shape index (κ2) is 4.01. The Morgan fingerprint density at radius 2 is 2.13 bits per heavy atom. The van der Waals surface area contributed by atoms with Gasteiger partial charge in [-0.25, -0.2) is 8.78 Å². The molecule has 80 valence electrons. The van der Waals surface area contributed by atoms with Crippen LogP contribution < -0.4 is 0 Å². The second-order valence-electron chi connectivity index (χ2n) is 3.81. The van der Waals surface area contributed by atoms with Crippen LogP contribution in [0.25, 0.3) is 0 Å². The van der Waals surface area contributed by atoms with E-state index in [0.717, 1.165) is 18.6 Å². The molecule has 0 aromatic heterocycles. The summed E-state index contributed by atoms with van der Waals surface area (Å²) in [7, 11) is 0. The average Bonchev–Trinajstić information content (AvgIpc) is 2.23. The van der Waals surface area contributed by atoms with Gasteiger partial charge in [0.2, 0.25) is 0 Å². The summed E-state index contributed by atoms with van der Waals surface area (Å²) in [4.78, 5) is 0. The van der Waals surface area contributed by atoms with E-state index in [9.17, 15) is 8.78 Å². The third-order valence-electron chi connectivity index (χ3n) is 2.61. The average molecular weight is 210 g/mol. The second-order valence-corrected chi connectivity index (χ2v) is 3.81. The summed E-state index contributed by atoms with van der Waals surface area (Å²) in [6.07, 6.45) is 3.87. The van der Waals surface area contributed by atoms with E-state index in [1.807, 2.05) is 13.0 Å². The Balaban J connectivity index is 2.35. The van der Waals surface area contributed by atoms with Crippen LogP contribution >= 0.6 is 0 Å². The molecule has 1 heterocycles. The van der Waals surface area contributed by atoms with Gasteiger partial charge in [0, 0.05) is 11.5 Å². The molecule has 1 unspecified atom stereocenters. The van der Waals surface area contributed by atoms with Crippen molar-refractivity contribution in [2.24, 2.45) is 5.92 Å². The predicted molar refractivity (Wildman–Crippen MR) is 53.1 cm³/mol. The third kappa shape index (κ3) is 2.01. The van der Waals surface area contributed by atoms with Gasteiger partial charge in [0.1, 0.15) is 17.7 Å². The molecule has 0 fully saturated rings. The van der Waals surface area contributed by atoms with Crippen molar-refractivity contribution in [2.75, 3.05) is 0 Å². The maximum Gasteiger partial charge on any atom is 0.130 e. The number of allylic oxidation sites excluding steroid dienone is 1. The standard InChI is InChI=1S/C12H12F2O/c1-8-3-2-6-15-12(8)10-7-9(13)4-5-11(10)14/h2,4-8,12H,3H2,1H3/t8?,12-/m0/s1. The van der Waals surface area contributed by atoms with Crippen molar-refractivity contribution in [3.63, 3.8) is 0 Å². The lowest BCUT2D eigenvalue weighted by molar-refractivity contribution is 0.0765. The molecule has 0 spiro atoms. The molecule has 2 atom stereocenters. The van der Waals surface area contributed by atoms with E-state index in [4.69, 9.17) is 4.74 Å². The maximum absolute atomic E-state index is 13.5. The van der Waals surface area contributed by atoms with Gasteiger partial charge in [0.25, 0.3) is 0 Å². The molecule has 2 rings (SSSR count). The van der Waals surface area contributed by atoms with Crippen LogP contribution in [-0.2, 0) is 4.74 Å². The Hall–Kier alpha value is -1.38. The van der Waals surface area contributed by atoms with Crippen LogP contribution in [0.2, 0.25) is 0 Å². The summed E-state index contributed by atoms with van der Waals surface area (Å²) in [6, 6.07) is 3.46. The minimum atomic E-state index is -0.434. The quantitative estimate of drug-likeness (QED) is 0.688. The lowest BCUT2D eigenvalue weighted by atomic mass is 9.93. The summed E-state index contributed by atoms with van der Waals surface area (Å²) >= 11 is 0. The fraction of sp³-hybridized carbons (Fsp3) is 0.333. The fourth-order valence-corrected chi connectivity index (χ4v) is 1.78. The van der Waals surface area contributed by atoms with Crippen molar-refractivity contribution in [3.05, 3.63) is 47.7 Å². The van der Waals surface area contributed by atoms with Crippen molar-refractivity contribution in [3.8, 4) is 0 Å². The van der Waals surface area contributed by atoms with Gasteiger partial charge in [0.05, 0.1) is 6.26 Å². The van der Waals surface area contributed by atoms with E-state index in [-0.39, 0.29) is 12.0 Å². The smallest absolute Gasteiger partial charge is 0.130 e. The molecular formula is C12H12F2O. The third-order valence-corrected chi connectivity index (χ3v) is 2.61. The molecule has 1 aromatic rings. The van der Waals surface area contributed by atoms with Crippen LogP contribution in [0.15, 0.2) is 30.5 Å². The summed E-state index contributed by atoms with van der Waals surface area (Å²) < 4.78 is 31.8. The Labute approximate surface area is 87.4 Å². The van der Waals surface area contributed by atoms with Crippen LogP contribution in [-0.4, -0.2) is 0 Å². The van der Waals surface area contributed by atoms with Crippen LogP contribution in [0.3, 0.4) is 0 Å². The number of rotatable bonds is 1. The predicted octanol–water partition coefficient (Wildman–Crippen LogP) is 3.58. The van der Waals surface area contributed by atoms with E-state index in [2.05, 4.69) is 0 Å². The fourth-order valence-electron chi connectivity index (χ4n) is 1.78. The largest absolute Gasteiger partial charge is 0.493 e. The highest BCUT2D eigenvalue weighted by atomic mass is 19.1. The molecule has 3 heteroatoms. The molecule has 0 N–H and O–H groups in total. The zero-order chi connectivity index (χ0) is 10.8. The number of hydrogen-bond donors (Lipinski definition) is 0. The van der Waals surface area contributed by atoms with Crippen molar-refractivity contribution in [2.45, 2.75) is 19.4 Å². The van der Waals surface area contributed by atoms with Crippen LogP contribution in [0.1, 0.15) is 25.0 Å². The van der Waals surface area contributed by atoms with E-state index in [1.54, 1.807) is 6.26 Å². The van der Waals surface area contributed by atoms with Gasteiger partial charge in [-0.1, -0.05) is 6.92 Å². The van der Waals surface area contributed by atoms with Gasteiger partial charge in [-0.2, -0.15) is 0 Å². The summed E-state index contributed by atoms with van der Waals surface area (Å²) in [5.41, 5.74) is 0.298. The summed E-state index contributed by atoms with van der Waals surface area (Å²) in [5.74, 6) is -0.688. The highest BCUT2D eigenvalue weighted by Gasteiger charge is 2.24. The minimum absolute atomic E-state index is 0.159. The van der Waals surface area contributed by atoms with Gasteiger partial charge >= 0.3 is 0 Å². The van der Waals surface area contributed by atoms with Crippen molar-refractivity contribution < 1.29 is 13.5 Å². The number of halogens is 2. The lowest BCUT2D eigenvalue weighted by Crippen LogP contribution is -2.15. The molecule has 0 amide bonds. The monoisotopic (exact) mass is 210 g/mol. The normalized spacial score (nSPS) is 25.0. The molecule has 1 aromatic carbocycles. The molecule has 0 saturated carbocycles. The topological polar surface area (TPSA) is 9.23 Å². The van der Waals surface area contributed by atoms with Crippen LogP contribution in [0.4, 0.5) is 8.78 Å². The number of ether oxygens (including phenoxy) is 1. The van der Waals surface area contributed by atoms with Gasteiger partial charge in [-0.05, 0) is 30.7 Å². The Bertz CT molecular complexity index is 387. The van der Waals surface area contributed by atoms with E-state index in [0.29, 0.717) is 5.56 Å². The molecule has 0 bridgehead atoms. The van der Waals surface area contributed by atoms with Crippen molar-refractivity contribution >= 4 is 0 Å². The lowest BCUT2D eigenvalue weighted by Gasteiger charge is -2.26. The van der Waals surface area contributed by atoms with Gasteiger partial charge < -0.3 is 4.74 Å². The molecular weight excluding hydrogens is 198 g/mol. The van der Waals surface area contributed by atoms with E-state index < -0.39 is 11.6 Å². The zero-order valence-electron chi connectivity index (χ0n) is 8.41. The molecule has 0 radical (unpaired) electrons. The number of benzene rings is 1. The Kier molecular flexibility index (Phi) is 2.71. The Morgan fingerprint density at radius 1 is 1.33 bits per heavy atom. The first-order valence-electron chi connectivity index (χ1n) is 4.94. The molecule has 0 aliphatic carbocycles. The highest BCUT2D eigenvalue weighted by Crippen LogP contribution is 2.33. The first kappa shape index (κ1) is 10.1. The molecule has 1 aliphatic heterocycles.